The van der Waals surface area contributed by atoms with Gasteiger partial charge in [0.25, 0.3) is 5.91 Å². The summed E-state index contributed by atoms with van der Waals surface area (Å²) < 4.78 is 50.9. The lowest BCUT2D eigenvalue weighted by molar-refractivity contribution is -0.0498. The van der Waals surface area contributed by atoms with Crippen LogP contribution in [0.3, 0.4) is 0 Å². The Morgan fingerprint density at radius 1 is 1.04 bits per heavy atom. The molecule has 1 N–H and O–H groups in total. The van der Waals surface area contributed by atoms with Crippen LogP contribution in [0.1, 0.15) is 21.5 Å². The van der Waals surface area contributed by atoms with E-state index >= 15 is 0 Å². The van der Waals surface area contributed by atoms with Gasteiger partial charge in [-0.15, -0.1) is 0 Å². The van der Waals surface area contributed by atoms with Gasteiger partial charge in [-0.1, -0.05) is 24.3 Å². The Bertz CT molecular complexity index is 834. The van der Waals surface area contributed by atoms with E-state index in [4.69, 9.17) is 0 Å². The van der Waals surface area contributed by atoms with Crippen LogP contribution in [-0.4, -0.2) is 33.7 Å². The predicted molar refractivity (Wildman–Crippen MR) is 94.1 cm³/mol. The Hall–Kier alpha value is -2.48. The second kappa shape index (κ2) is 8.75. The van der Waals surface area contributed by atoms with Gasteiger partial charge in [-0.05, 0) is 41.8 Å². The molecule has 0 radical (unpaired) electrons. The maximum atomic E-state index is 12.1. The fraction of sp³-hybridized carbons (Fsp3) is 0.278. The van der Waals surface area contributed by atoms with E-state index in [2.05, 4.69) is 10.1 Å². The Labute approximate surface area is 150 Å². The summed E-state index contributed by atoms with van der Waals surface area (Å²) in [5.41, 5.74) is 1.92. The smallest absolute Gasteiger partial charge is 0.387 e. The zero-order valence-corrected chi connectivity index (χ0v) is 14.9. The zero-order valence-electron chi connectivity index (χ0n) is 14.1. The maximum absolute atomic E-state index is 12.1. The van der Waals surface area contributed by atoms with E-state index in [0.717, 1.165) is 11.8 Å². The molecule has 2 rings (SSSR count). The molecule has 0 bridgehead atoms. The second-order valence-electron chi connectivity index (χ2n) is 5.80. The van der Waals surface area contributed by atoms with Gasteiger partial charge < -0.3 is 10.1 Å². The van der Waals surface area contributed by atoms with Gasteiger partial charge in [-0.2, -0.15) is 8.78 Å². The zero-order chi connectivity index (χ0) is 19.2. The first-order chi connectivity index (χ1) is 12.2. The van der Waals surface area contributed by atoms with Crippen LogP contribution in [0.4, 0.5) is 8.78 Å². The van der Waals surface area contributed by atoms with Crippen LogP contribution < -0.4 is 10.1 Å². The van der Waals surface area contributed by atoms with Crippen LogP contribution >= 0.6 is 0 Å². The van der Waals surface area contributed by atoms with Gasteiger partial charge in [0.2, 0.25) is 0 Å². The summed E-state index contributed by atoms with van der Waals surface area (Å²) >= 11 is 0. The molecule has 0 aliphatic heterocycles. The molecule has 0 fully saturated rings. The summed E-state index contributed by atoms with van der Waals surface area (Å²) in [5.74, 6) is -0.254. The van der Waals surface area contributed by atoms with E-state index in [9.17, 15) is 22.0 Å². The molecule has 0 aromatic heterocycles. The largest absolute Gasteiger partial charge is 0.435 e. The number of ether oxygens (including phenoxy) is 1. The van der Waals surface area contributed by atoms with Gasteiger partial charge in [0, 0.05) is 18.4 Å². The van der Waals surface area contributed by atoms with E-state index in [1.165, 1.54) is 12.1 Å². The second-order valence-corrected chi connectivity index (χ2v) is 7.94. The first kappa shape index (κ1) is 19.8. The average molecular weight is 383 g/mol. The highest BCUT2D eigenvalue weighted by Gasteiger charge is 2.08. The topological polar surface area (TPSA) is 72.5 Å². The van der Waals surface area contributed by atoms with Crippen LogP contribution in [0.5, 0.6) is 5.75 Å². The first-order valence-corrected chi connectivity index (χ1v) is 9.87. The Morgan fingerprint density at radius 3 is 2.15 bits per heavy atom. The number of amides is 1. The highest BCUT2D eigenvalue weighted by molar-refractivity contribution is 7.89. The van der Waals surface area contributed by atoms with Gasteiger partial charge in [0.1, 0.15) is 5.75 Å². The molecule has 0 aliphatic rings. The molecule has 0 saturated carbocycles. The van der Waals surface area contributed by atoms with Gasteiger partial charge in [-0.3, -0.25) is 4.79 Å². The standard InChI is InChI=1S/C18H19F2NO4S/c1-26(23,24)12-14-2-6-15(7-3-14)17(22)21-11-10-13-4-8-16(9-5-13)25-18(19)20/h2-9,18H,10-12H2,1H3,(H,21,22). The number of sulfone groups is 1. The van der Waals surface area contributed by atoms with Crippen molar-refractivity contribution < 1.29 is 26.7 Å². The number of nitrogens with one attached hydrogen (secondary N) is 1. The maximum Gasteiger partial charge on any atom is 0.387 e. The summed E-state index contributed by atoms with van der Waals surface area (Å²) in [6, 6.07) is 12.6. The minimum absolute atomic E-state index is 0.0693. The lowest BCUT2D eigenvalue weighted by Gasteiger charge is -2.08. The van der Waals surface area contributed by atoms with E-state index in [1.54, 1.807) is 36.4 Å². The normalized spacial score (nSPS) is 11.4. The van der Waals surface area contributed by atoms with Crippen molar-refractivity contribution in [1.82, 2.24) is 5.32 Å². The van der Waals surface area contributed by atoms with Crippen LogP contribution in [0, 0.1) is 0 Å². The third-order valence-electron chi connectivity index (χ3n) is 3.49. The van der Waals surface area contributed by atoms with Crippen LogP contribution in [0.15, 0.2) is 48.5 Å². The number of hydrogen-bond donors (Lipinski definition) is 1. The van der Waals surface area contributed by atoms with Crippen molar-refractivity contribution in [3.8, 4) is 5.75 Å². The molecule has 5 nitrogen and oxygen atoms in total. The van der Waals surface area contributed by atoms with Crippen molar-refractivity contribution >= 4 is 15.7 Å². The summed E-state index contributed by atoms with van der Waals surface area (Å²) in [7, 11) is -3.12. The minimum Gasteiger partial charge on any atom is -0.435 e. The average Bonchev–Trinajstić information content (AvgIpc) is 2.55. The number of halogens is 2. The number of hydrogen-bond acceptors (Lipinski definition) is 4. The molecule has 1 amide bonds. The minimum atomic E-state index is -3.12. The molecule has 0 saturated heterocycles. The molecular formula is C18H19F2NO4S. The number of carbonyl (C=O) groups excluding carboxylic acids is 1. The van der Waals surface area contributed by atoms with Crippen molar-refractivity contribution in [2.24, 2.45) is 0 Å². The van der Waals surface area contributed by atoms with Gasteiger partial charge in [0.05, 0.1) is 5.75 Å². The van der Waals surface area contributed by atoms with Crippen molar-refractivity contribution in [3.05, 3.63) is 65.2 Å². The lowest BCUT2D eigenvalue weighted by Crippen LogP contribution is -2.25. The van der Waals surface area contributed by atoms with Crippen LogP contribution in [0.2, 0.25) is 0 Å². The van der Waals surface area contributed by atoms with Crippen molar-refractivity contribution in [1.29, 1.82) is 0 Å². The summed E-state index contributed by atoms with van der Waals surface area (Å²) in [5, 5.41) is 2.75. The molecule has 0 spiro atoms. The molecule has 0 atom stereocenters. The molecule has 26 heavy (non-hydrogen) atoms. The highest BCUT2D eigenvalue weighted by atomic mass is 32.2. The predicted octanol–water partition coefficient (Wildman–Crippen LogP) is 2.81. The third kappa shape index (κ3) is 6.79. The lowest BCUT2D eigenvalue weighted by atomic mass is 10.1. The SMILES string of the molecule is CS(=O)(=O)Cc1ccc(C(=O)NCCc2ccc(OC(F)F)cc2)cc1. The Morgan fingerprint density at radius 2 is 1.62 bits per heavy atom. The summed E-state index contributed by atoms with van der Waals surface area (Å²) in [6.07, 6.45) is 1.69. The summed E-state index contributed by atoms with van der Waals surface area (Å²) in [4.78, 5) is 12.1. The van der Waals surface area contributed by atoms with Crippen LogP contribution in [0.25, 0.3) is 0 Å². The Balaban J connectivity index is 1.83. The molecular weight excluding hydrogens is 364 g/mol. The van der Waals surface area contributed by atoms with E-state index < -0.39 is 16.4 Å². The number of alkyl halides is 2. The first-order valence-electron chi connectivity index (χ1n) is 7.81. The Kier molecular flexibility index (Phi) is 6.68. The molecule has 8 heteroatoms. The number of rotatable bonds is 8. The molecule has 2 aromatic rings. The molecule has 0 aliphatic carbocycles. The fourth-order valence-corrected chi connectivity index (χ4v) is 3.11. The summed E-state index contributed by atoms with van der Waals surface area (Å²) in [6.45, 7) is -2.48. The van der Waals surface area contributed by atoms with E-state index in [1.807, 2.05) is 0 Å². The van der Waals surface area contributed by atoms with Crippen molar-refractivity contribution in [2.75, 3.05) is 12.8 Å². The monoisotopic (exact) mass is 383 g/mol. The van der Waals surface area contributed by atoms with Crippen molar-refractivity contribution in [3.63, 3.8) is 0 Å². The molecule has 2 aromatic carbocycles. The van der Waals surface area contributed by atoms with E-state index in [0.29, 0.717) is 24.1 Å². The van der Waals surface area contributed by atoms with Crippen LogP contribution in [-0.2, 0) is 22.0 Å². The highest BCUT2D eigenvalue weighted by Crippen LogP contribution is 2.15. The quantitative estimate of drug-likeness (QED) is 0.761. The third-order valence-corrected chi connectivity index (χ3v) is 4.35. The van der Waals surface area contributed by atoms with Crippen molar-refractivity contribution in [2.45, 2.75) is 18.8 Å². The molecule has 0 unspecified atom stereocenters. The number of benzene rings is 2. The molecule has 140 valence electrons. The number of carbonyl (C=O) groups is 1. The van der Waals surface area contributed by atoms with Gasteiger partial charge in [-0.25, -0.2) is 8.42 Å². The van der Waals surface area contributed by atoms with Gasteiger partial charge in [0.15, 0.2) is 9.84 Å². The van der Waals surface area contributed by atoms with Gasteiger partial charge >= 0.3 is 6.61 Å². The van der Waals surface area contributed by atoms with E-state index in [-0.39, 0.29) is 17.4 Å². The fourth-order valence-electron chi connectivity index (χ4n) is 2.32. The molecule has 0 heterocycles.